The van der Waals surface area contributed by atoms with Crippen LogP contribution < -0.4 is 20.7 Å². The van der Waals surface area contributed by atoms with Crippen molar-refractivity contribution >= 4 is 29.2 Å². The van der Waals surface area contributed by atoms with E-state index in [-0.39, 0.29) is 37.0 Å². The molecule has 10 heteroatoms. The molecule has 2 heterocycles. The van der Waals surface area contributed by atoms with Crippen molar-refractivity contribution < 1.29 is 18.7 Å². The summed E-state index contributed by atoms with van der Waals surface area (Å²) in [6, 6.07) is 10.0. The van der Waals surface area contributed by atoms with Crippen LogP contribution in [0.25, 0.3) is 0 Å². The summed E-state index contributed by atoms with van der Waals surface area (Å²) < 4.78 is 17.5. The number of hydrogen-bond donors (Lipinski definition) is 3. The second kappa shape index (κ2) is 11.6. The smallest absolute Gasteiger partial charge is 0.319 e. The lowest BCUT2D eigenvalue weighted by molar-refractivity contribution is -0.122. The number of urea groups is 1. The topological polar surface area (TPSA) is 95.6 Å². The molecule has 1 aliphatic heterocycles. The van der Waals surface area contributed by atoms with Gasteiger partial charge < -0.3 is 20.7 Å². The molecule has 32 heavy (non-hydrogen) atoms. The number of anilines is 1. The summed E-state index contributed by atoms with van der Waals surface area (Å²) in [5.74, 6) is 0.271. The van der Waals surface area contributed by atoms with Crippen molar-refractivity contribution in [3.05, 3.63) is 53.3 Å². The normalized spacial score (nSPS) is 18.6. The predicted molar refractivity (Wildman–Crippen MR) is 121 cm³/mol. The molecule has 1 aromatic heterocycles. The number of halogens is 2. The number of ether oxygens (including phenoxy) is 1. The number of amides is 3. The predicted octanol–water partition coefficient (Wildman–Crippen LogP) is 2.81. The second-order valence-corrected chi connectivity index (χ2v) is 7.94. The average Bonchev–Trinajstić information content (AvgIpc) is 2.80. The molecular formula is C22H27ClFN5O3. The maximum Gasteiger partial charge on any atom is 0.319 e. The lowest BCUT2D eigenvalue weighted by Crippen LogP contribution is -2.52. The fraction of sp³-hybridized carbons (Fsp3) is 0.409. The fourth-order valence-electron chi connectivity index (χ4n) is 3.68. The van der Waals surface area contributed by atoms with Crippen LogP contribution in [0.5, 0.6) is 5.75 Å². The van der Waals surface area contributed by atoms with E-state index in [0.29, 0.717) is 36.0 Å². The van der Waals surface area contributed by atoms with Crippen LogP contribution in [0, 0.1) is 0 Å². The molecule has 2 aromatic rings. The summed E-state index contributed by atoms with van der Waals surface area (Å²) in [6.45, 7) is 0.705. The van der Waals surface area contributed by atoms with Crippen LogP contribution in [0.15, 0.2) is 42.6 Å². The third-order valence-electron chi connectivity index (χ3n) is 5.27. The van der Waals surface area contributed by atoms with Gasteiger partial charge in [-0.15, -0.1) is 0 Å². The first kappa shape index (κ1) is 23.7. The Hall–Kier alpha value is -2.91. The highest BCUT2D eigenvalue weighted by molar-refractivity contribution is 6.30. The van der Waals surface area contributed by atoms with E-state index in [2.05, 4.69) is 20.9 Å². The van der Waals surface area contributed by atoms with Crippen molar-refractivity contribution in [3.8, 4) is 5.75 Å². The number of methoxy groups -OCH3 is 1. The zero-order chi connectivity index (χ0) is 22.9. The first-order valence-corrected chi connectivity index (χ1v) is 10.7. The van der Waals surface area contributed by atoms with Gasteiger partial charge in [-0.05, 0) is 42.8 Å². The van der Waals surface area contributed by atoms with E-state index in [1.165, 1.54) is 0 Å². The summed E-state index contributed by atoms with van der Waals surface area (Å²) >= 11 is 5.89. The van der Waals surface area contributed by atoms with Gasteiger partial charge in [0.2, 0.25) is 5.91 Å². The number of aromatic nitrogens is 1. The molecule has 3 rings (SSSR count). The van der Waals surface area contributed by atoms with Gasteiger partial charge in [0.05, 0.1) is 19.9 Å². The summed E-state index contributed by atoms with van der Waals surface area (Å²) in [6.07, 6.45) is 2.26. The van der Waals surface area contributed by atoms with Gasteiger partial charge in [-0.1, -0.05) is 11.6 Å². The number of rotatable bonds is 8. The molecular weight excluding hydrogens is 437 g/mol. The standard InChI is InChI=1S/C22H27ClFN5O3/c1-32-17-6-7-19(26-12-17)18-13-29(14-21(30)25-10-9-24)11-8-20(18)28-22(31)27-16-4-2-15(23)3-5-16/h2-7,12,18,20H,8-11,13-14H2,1H3,(H,25,30)(H2,27,28,31)/t18-,20+/m0/s1. The minimum atomic E-state index is -0.598. The van der Waals surface area contributed by atoms with E-state index < -0.39 is 6.67 Å². The third-order valence-corrected chi connectivity index (χ3v) is 5.53. The molecule has 8 nitrogen and oxygen atoms in total. The van der Waals surface area contributed by atoms with Crippen molar-refractivity contribution in [3.63, 3.8) is 0 Å². The lowest BCUT2D eigenvalue weighted by atomic mass is 9.88. The Kier molecular flexibility index (Phi) is 8.64. The monoisotopic (exact) mass is 463 g/mol. The maximum absolute atomic E-state index is 12.6. The Balaban J connectivity index is 1.69. The number of alkyl halides is 1. The van der Waals surface area contributed by atoms with Gasteiger partial charge in [0, 0.05) is 48.0 Å². The number of nitrogens with one attached hydrogen (secondary N) is 3. The Bertz CT molecular complexity index is 897. The van der Waals surface area contributed by atoms with Crippen LogP contribution in [-0.4, -0.2) is 67.8 Å². The van der Waals surface area contributed by atoms with Gasteiger partial charge in [0.15, 0.2) is 0 Å². The molecule has 3 amide bonds. The average molecular weight is 464 g/mol. The van der Waals surface area contributed by atoms with E-state index in [1.54, 1.807) is 37.6 Å². The molecule has 0 spiro atoms. The van der Waals surface area contributed by atoms with Crippen molar-refractivity contribution in [2.24, 2.45) is 0 Å². The minimum Gasteiger partial charge on any atom is -0.495 e. The van der Waals surface area contributed by atoms with Crippen molar-refractivity contribution in [1.29, 1.82) is 0 Å². The molecule has 172 valence electrons. The van der Waals surface area contributed by atoms with Crippen LogP contribution in [0.1, 0.15) is 18.0 Å². The van der Waals surface area contributed by atoms with Crippen LogP contribution in [0.4, 0.5) is 14.9 Å². The van der Waals surface area contributed by atoms with Gasteiger partial charge in [-0.3, -0.25) is 14.7 Å². The quantitative estimate of drug-likeness (QED) is 0.559. The van der Waals surface area contributed by atoms with Crippen molar-refractivity contribution in [2.75, 3.05) is 45.3 Å². The first-order chi connectivity index (χ1) is 15.5. The molecule has 1 fully saturated rings. The molecule has 1 aromatic carbocycles. The summed E-state index contributed by atoms with van der Waals surface area (Å²) in [4.78, 5) is 31.1. The van der Waals surface area contributed by atoms with Crippen LogP contribution in [0.3, 0.4) is 0 Å². The highest BCUT2D eigenvalue weighted by atomic mass is 35.5. The van der Waals surface area contributed by atoms with Crippen molar-refractivity contribution in [1.82, 2.24) is 20.5 Å². The van der Waals surface area contributed by atoms with Crippen LogP contribution >= 0.6 is 11.6 Å². The maximum atomic E-state index is 12.6. The highest BCUT2D eigenvalue weighted by Gasteiger charge is 2.33. The molecule has 1 aliphatic rings. The largest absolute Gasteiger partial charge is 0.495 e. The van der Waals surface area contributed by atoms with E-state index in [1.807, 2.05) is 17.0 Å². The Labute approximate surface area is 191 Å². The van der Waals surface area contributed by atoms with Gasteiger partial charge in [-0.2, -0.15) is 0 Å². The molecule has 0 bridgehead atoms. The lowest BCUT2D eigenvalue weighted by Gasteiger charge is -2.38. The summed E-state index contributed by atoms with van der Waals surface area (Å²) in [5.41, 5.74) is 1.42. The zero-order valence-corrected chi connectivity index (χ0v) is 18.6. The van der Waals surface area contributed by atoms with Crippen LogP contribution in [-0.2, 0) is 4.79 Å². The molecule has 1 saturated heterocycles. The number of piperidine rings is 1. The van der Waals surface area contributed by atoms with E-state index in [9.17, 15) is 14.0 Å². The number of nitrogens with zero attached hydrogens (tertiary/aromatic N) is 2. The van der Waals surface area contributed by atoms with E-state index >= 15 is 0 Å². The van der Waals surface area contributed by atoms with E-state index in [4.69, 9.17) is 16.3 Å². The number of hydrogen-bond acceptors (Lipinski definition) is 5. The molecule has 2 atom stereocenters. The SMILES string of the molecule is COc1ccc([C@@H]2CN(CC(=O)NCCF)CC[C@H]2NC(=O)Nc2ccc(Cl)cc2)nc1. The summed E-state index contributed by atoms with van der Waals surface area (Å²) in [7, 11) is 1.57. The fourth-order valence-corrected chi connectivity index (χ4v) is 3.81. The van der Waals surface area contributed by atoms with Gasteiger partial charge >= 0.3 is 6.03 Å². The van der Waals surface area contributed by atoms with Gasteiger partial charge in [-0.25, -0.2) is 9.18 Å². The van der Waals surface area contributed by atoms with E-state index in [0.717, 1.165) is 5.69 Å². The number of benzene rings is 1. The Morgan fingerprint density at radius 1 is 1.25 bits per heavy atom. The number of carbonyl (C=O) groups is 2. The molecule has 3 N–H and O–H groups in total. The number of likely N-dealkylation sites (tertiary alicyclic amines) is 1. The summed E-state index contributed by atoms with van der Waals surface area (Å²) in [5, 5.41) is 8.98. The second-order valence-electron chi connectivity index (χ2n) is 7.50. The molecule has 0 radical (unpaired) electrons. The highest BCUT2D eigenvalue weighted by Crippen LogP contribution is 2.27. The first-order valence-electron chi connectivity index (χ1n) is 10.4. The molecule has 0 aliphatic carbocycles. The third kappa shape index (κ3) is 6.80. The Morgan fingerprint density at radius 2 is 2.03 bits per heavy atom. The molecule has 0 saturated carbocycles. The van der Waals surface area contributed by atoms with Gasteiger partial charge in [0.25, 0.3) is 0 Å². The zero-order valence-electron chi connectivity index (χ0n) is 17.8. The van der Waals surface area contributed by atoms with Gasteiger partial charge in [0.1, 0.15) is 12.4 Å². The van der Waals surface area contributed by atoms with Crippen LogP contribution in [0.2, 0.25) is 5.02 Å². The molecule has 0 unspecified atom stereocenters. The number of carbonyl (C=O) groups excluding carboxylic acids is 2. The Morgan fingerprint density at radius 3 is 2.69 bits per heavy atom. The van der Waals surface area contributed by atoms with Crippen molar-refractivity contribution in [2.45, 2.75) is 18.4 Å². The minimum absolute atomic E-state index is 0.00515. The number of pyridine rings is 1.